The molecular formula is C14H26N2O. The van der Waals surface area contributed by atoms with Gasteiger partial charge in [-0.1, -0.05) is 20.8 Å². The van der Waals surface area contributed by atoms with Crippen LogP contribution in [0.15, 0.2) is 0 Å². The van der Waals surface area contributed by atoms with Crippen LogP contribution in [0.5, 0.6) is 0 Å². The van der Waals surface area contributed by atoms with E-state index >= 15 is 0 Å². The molecule has 2 rings (SSSR count). The summed E-state index contributed by atoms with van der Waals surface area (Å²) in [7, 11) is 0. The number of hydrogen-bond acceptors (Lipinski definition) is 2. The molecule has 0 atom stereocenters. The normalized spacial score (nSPS) is 22.9. The molecule has 2 fully saturated rings. The Labute approximate surface area is 105 Å². The largest absolute Gasteiger partial charge is 0.342 e. The van der Waals surface area contributed by atoms with Gasteiger partial charge in [0.05, 0.1) is 0 Å². The van der Waals surface area contributed by atoms with E-state index in [4.69, 9.17) is 0 Å². The summed E-state index contributed by atoms with van der Waals surface area (Å²) < 4.78 is 0. The summed E-state index contributed by atoms with van der Waals surface area (Å²) in [6.07, 6.45) is 5.06. The molecule has 3 nitrogen and oxygen atoms in total. The molecule has 98 valence electrons. The van der Waals surface area contributed by atoms with Crippen LogP contribution in [0.2, 0.25) is 0 Å². The molecule has 1 saturated carbocycles. The maximum atomic E-state index is 12.1. The monoisotopic (exact) mass is 238 g/mol. The molecule has 0 spiro atoms. The van der Waals surface area contributed by atoms with Gasteiger partial charge in [-0.2, -0.15) is 0 Å². The fourth-order valence-electron chi connectivity index (χ4n) is 2.42. The summed E-state index contributed by atoms with van der Waals surface area (Å²) >= 11 is 0. The van der Waals surface area contributed by atoms with Gasteiger partial charge in [0, 0.05) is 24.5 Å². The highest BCUT2D eigenvalue weighted by Crippen LogP contribution is 2.28. The summed E-state index contributed by atoms with van der Waals surface area (Å²) in [6, 6.07) is 0.639. The Morgan fingerprint density at radius 1 is 1.18 bits per heavy atom. The van der Waals surface area contributed by atoms with Gasteiger partial charge < -0.3 is 10.2 Å². The van der Waals surface area contributed by atoms with Gasteiger partial charge in [-0.15, -0.1) is 0 Å². The molecule has 1 saturated heterocycles. The molecule has 0 aromatic carbocycles. The number of amides is 1. The molecule has 3 heteroatoms. The lowest BCUT2D eigenvalue weighted by atomic mass is 9.93. The Balaban J connectivity index is 1.71. The minimum Gasteiger partial charge on any atom is -0.342 e. The van der Waals surface area contributed by atoms with Crippen LogP contribution in [-0.2, 0) is 4.79 Å². The number of nitrogens with zero attached hydrogens (tertiary/aromatic N) is 1. The van der Waals surface area contributed by atoms with Crippen molar-refractivity contribution in [1.29, 1.82) is 0 Å². The van der Waals surface area contributed by atoms with Crippen LogP contribution in [0.1, 0.15) is 46.5 Å². The molecule has 2 aliphatic rings. The molecule has 1 amide bonds. The highest BCUT2D eigenvalue weighted by molar-refractivity contribution is 5.81. The fraction of sp³-hybridized carbons (Fsp3) is 0.929. The van der Waals surface area contributed by atoms with E-state index in [0.717, 1.165) is 31.8 Å². The molecule has 17 heavy (non-hydrogen) atoms. The number of carbonyl (C=O) groups excluding carboxylic acids is 1. The van der Waals surface area contributed by atoms with E-state index in [1.165, 1.54) is 19.4 Å². The van der Waals surface area contributed by atoms with E-state index in [1.54, 1.807) is 0 Å². The van der Waals surface area contributed by atoms with E-state index in [1.807, 2.05) is 25.7 Å². The predicted octanol–water partition coefficient (Wildman–Crippen LogP) is 2.02. The molecule has 0 unspecified atom stereocenters. The van der Waals surface area contributed by atoms with Crippen molar-refractivity contribution in [2.75, 3.05) is 19.6 Å². The zero-order valence-electron chi connectivity index (χ0n) is 11.5. The fourth-order valence-corrected chi connectivity index (χ4v) is 2.42. The topological polar surface area (TPSA) is 32.3 Å². The summed E-state index contributed by atoms with van der Waals surface area (Å²) in [5.41, 5.74) is -0.228. The third-order valence-electron chi connectivity index (χ3n) is 3.82. The summed E-state index contributed by atoms with van der Waals surface area (Å²) in [4.78, 5) is 14.1. The van der Waals surface area contributed by atoms with Crippen LogP contribution in [0.3, 0.4) is 0 Å². The van der Waals surface area contributed by atoms with Gasteiger partial charge in [-0.3, -0.25) is 4.79 Å². The zero-order valence-corrected chi connectivity index (χ0v) is 11.5. The van der Waals surface area contributed by atoms with Crippen LogP contribution in [0, 0.1) is 11.3 Å². The first kappa shape index (κ1) is 12.9. The van der Waals surface area contributed by atoms with E-state index in [2.05, 4.69) is 5.32 Å². The van der Waals surface area contributed by atoms with Crippen molar-refractivity contribution in [3.63, 3.8) is 0 Å². The van der Waals surface area contributed by atoms with Crippen LogP contribution < -0.4 is 5.32 Å². The van der Waals surface area contributed by atoms with Crippen molar-refractivity contribution < 1.29 is 4.79 Å². The van der Waals surface area contributed by atoms with Crippen LogP contribution >= 0.6 is 0 Å². The lowest BCUT2D eigenvalue weighted by molar-refractivity contribution is -0.140. The van der Waals surface area contributed by atoms with Gasteiger partial charge in [-0.25, -0.2) is 0 Å². The van der Waals surface area contributed by atoms with Gasteiger partial charge in [0.2, 0.25) is 5.91 Å². The summed E-state index contributed by atoms with van der Waals surface area (Å²) in [6.45, 7) is 9.07. The van der Waals surface area contributed by atoms with E-state index < -0.39 is 0 Å². The summed E-state index contributed by atoms with van der Waals surface area (Å²) in [5.74, 6) is 1.25. The number of likely N-dealkylation sites (tertiary alicyclic amines) is 1. The number of hydrogen-bond donors (Lipinski definition) is 1. The lowest BCUT2D eigenvalue weighted by Gasteiger charge is -2.36. The van der Waals surface area contributed by atoms with Gasteiger partial charge >= 0.3 is 0 Å². The zero-order chi connectivity index (χ0) is 12.5. The molecule has 1 aliphatic heterocycles. The Hall–Kier alpha value is -0.570. The van der Waals surface area contributed by atoms with Crippen molar-refractivity contribution >= 4 is 5.91 Å². The minimum absolute atomic E-state index is 0.228. The smallest absolute Gasteiger partial charge is 0.227 e. The third kappa shape index (κ3) is 3.70. The van der Waals surface area contributed by atoms with Crippen molar-refractivity contribution in [2.45, 2.75) is 52.5 Å². The van der Waals surface area contributed by atoms with Crippen molar-refractivity contribution in [3.8, 4) is 0 Å². The maximum Gasteiger partial charge on any atom is 0.227 e. The van der Waals surface area contributed by atoms with Gasteiger partial charge in [0.25, 0.3) is 0 Å². The standard InChI is InChI=1S/C14H26N2O/c1-14(2,3)13(17)16-8-6-12(7-9-16)15-10-11-4-5-11/h11-12,15H,4-10H2,1-3H3. The highest BCUT2D eigenvalue weighted by atomic mass is 16.2. The minimum atomic E-state index is -0.228. The first-order valence-corrected chi connectivity index (χ1v) is 6.99. The van der Waals surface area contributed by atoms with Gasteiger partial charge in [-0.05, 0) is 38.1 Å². The van der Waals surface area contributed by atoms with Gasteiger partial charge in [0.1, 0.15) is 0 Å². The van der Waals surface area contributed by atoms with Crippen molar-refractivity contribution in [1.82, 2.24) is 10.2 Å². The molecule has 0 radical (unpaired) electrons. The first-order chi connectivity index (χ1) is 7.97. The quantitative estimate of drug-likeness (QED) is 0.816. The Bertz CT molecular complexity index is 270. The second-order valence-corrected chi connectivity index (χ2v) is 6.67. The molecule has 1 aliphatic carbocycles. The van der Waals surface area contributed by atoms with Crippen molar-refractivity contribution in [3.05, 3.63) is 0 Å². The molecule has 0 bridgehead atoms. The van der Waals surface area contributed by atoms with Crippen LogP contribution in [-0.4, -0.2) is 36.5 Å². The molecule has 0 aromatic rings. The Kier molecular flexibility index (Phi) is 3.76. The SMILES string of the molecule is CC(C)(C)C(=O)N1CCC(NCC2CC2)CC1. The first-order valence-electron chi connectivity index (χ1n) is 6.99. The molecule has 1 heterocycles. The number of carbonyl (C=O) groups is 1. The third-order valence-corrected chi connectivity index (χ3v) is 3.82. The van der Waals surface area contributed by atoms with Crippen LogP contribution in [0.25, 0.3) is 0 Å². The maximum absolute atomic E-state index is 12.1. The predicted molar refractivity (Wildman–Crippen MR) is 69.8 cm³/mol. The van der Waals surface area contributed by atoms with E-state index in [9.17, 15) is 4.79 Å². The average molecular weight is 238 g/mol. The Morgan fingerprint density at radius 2 is 1.76 bits per heavy atom. The second-order valence-electron chi connectivity index (χ2n) is 6.67. The number of nitrogens with one attached hydrogen (secondary N) is 1. The molecule has 1 N–H and O–H groups in total. The Morgan fingerprint density at radius 3 is 2.24 bits per heavy atom. The van der Waals surface area contributed by atoms with Gasteiger partial charge in [0.15, 0.2) is 0 Å². The average Bonchev–Trinajstić information content (AvgIpc) is 3.09. The van der Waals surface area contributed by atoms with Crippen LogP contribution in [0.4, 0.5) is 0 Å². The van der Waals surface area contributed by atoms with E-state index in [0.29, 0.717) is 11.9 Å². The number of piperidine rings is 1. The van der Waals surface area contributed by atoms with E-state index in [-0.39, 0.29) is 5.41 Å². The van der Waals surface area contributed by atoms with Crippen molar-refractivity contribution in [2.24, 2.45) is 11.3 Å². The summed E-state index contributed by atoms with van der Waals surface area (Å²) in [5, 5.41) is 3.64. The molecular weight excluding hydrogens is 212 g/mol. The number of rotatable bonds is 3. The lowest BCUT2D eigenvalue weighted by Crippen LogP contribution is -2.48. The second kappa shape index (κ2) is 4.97. The highest BCUT2D eigenvalue weighted by Gasteiger charge is 2.30. The molecule has 0 aromatic heterocycles.